The van der Waals surface area contributed by atoms with Crippen LogP contribution in [0.15, 0.2) is 36.7 Å². The first-order chi connectivity index (χ1) is 8.15. The van der Waals surface area contributed by atoms with Crippen molar-refractivity contribution >= 4 is 0 Å². The third-order valence-electron chi connectivity index (χ3n) is 2.14. The maximum atomic E-state index is 13.0. The molecule has 0 radical (unpaired) electrons. The number of hydrogen-bond acceptors (Lipinski definition) is 3. The summed E-state index contributed by atoms with van der Waals surface area (Å²) in [6, 6.07) is 6.16. The fourth-order valence-electron chi connectivity index (χ4n) is 1.37. The summed E-state index contributed by atoms with van der Waals surface area (Å²) in [4.78, 5) is 0. The number of nitrogens with two attached hydrogens (primary N) is 1. The zero-order valence-corrected chi connectivity index (χ0v) is 9.51. The Kier molecular flexibility index (Phi) is 3.39. The van der Waals surface area contributed by atoms with Crippen molar-refractivity contribution in [1.82, 2.24) is 9.78 Å². The molecule has 0 aliphatic heterocycles. The van der Waals surface area contributed by atoms with Crippen LogP contribution in [0.3, 0.4) is 0 Å². The first-order valence-corrected chi connectivity index (χ1v) is 5.34. The summed E-state index contributed by atoms with van der Waals surface area (Å²) in [5.74, 6) is 0.322. The van der Waals surface area contributed by atoms with Gasteiger partial charge in [-0.1, -0.05) is 6.07 Å². The van der Waals surface area contributed by atoms with Crippen LogP contribution in [0.4, 0.5) is 4.39 Å². The van der Waals surface area contributed by atoms with Gasteiger partial charge in [-0.2, -0.15) is 5.10 Å². The van der Waals surface area contributed by atoms with Gasteiger partial charge in [0, 0.05) is 6.04 Å². The van der Waals surface area contributed by atoms with Crippen LogP contribution < -0.4 is 10.5 Å². The average molecular weight is 235 g/mol. The summed E-state index contributed by atoms with van der Waals surface area (Å²) in [7, 11) is 0. The molecule has 0 aliphatic rings. The third-order valence-corrected chi connectivity index (χ3v) is 2.14. The minimum atomic E-state index is -0.295. The molecular weight excluding hydrogens is 221 g/mol. The molecule has 2 rings (SSSR count). The molecule has 4 nitrogen and oxygen atoms in total. The molecule has 0 saturated heterocycles. The van der Waals surface area contributed by atoms with Gasteiger partial charge in [-0.05, 0) is 25.1 Å². The van der Waals surface area contributed by atoms with Crippen LogP contribution in [0.2, 0.25) is 0 Å². The third kappa shape index (κ3) is 3.04. The maximum Gasteiger partial charge on any atom is 0.157 e. The molecule has 1 aromatic heterocycles. The van der Waals surface area contributed by atoms with Crippen LogP contribution in [0.5, 0.6) is 5.75 Å². The van der Waals surface area contributed by atoms with Crippen LogP contribution in [0.25, 0.3) is 5.69 Å². The maximum absolute atomic E-state index is 13.0. The van der Waals surface area contributed by atoms with Gasteiger partial charge in [-0.15, -0.1) is 0 Å². The molecular formula is C12H14FN3O. The SMILES string of the molecule is CC(N)COc1cnn(-c2cccc(F)c2)c1. The summed E-state index contributed by atoms with van der Waals surface area (Å²) < 4.78 is 20.0. The van der Waals surface area contributed by atoms with Gasteiger partial charge in [0.1, 0.15) is 12.4 Å². The normalized spacial score (nSPS) is 12.4. The summed E-state index contributed by atoms with van der Waals surface area (Å²) in [5.41, 5.74) is 6.23. The van der Waals surface area contributed by atoms with Gasteiger partial charge in [0.15, 0.2) is 5.75 Å². The second-order valence-corrected chi connectivity index (χ2v) is 3.89. The Morgan fingerprint density at radius 1 is 1.53 bits per heavy atom. The Hall–Kier alpha value is -1.88. The van der Waals surface area contributed by atoms with Gasteiger partial charge in [-0.25, -0.2) is 9.07 Å². The highest BCUT2D eigenvalue weighted by atomic mass is 19.1. The molecule has 0 aliphatic carbocycles. The number of ether oxygens (including phenoxy) is 1. The van der Waals surface area contributed by atoms with Crippen LogP contribution in [0, 0.1) is 5.82 Å². The quantitative estimate of drug-likeness (QED) is 0.878. The molecule has 0 fully saturated rings. The van der Waals surface area contributed by atoms with Gasteiger partial charge in [0.25, 0.3) is 0 Å². The lowest BCUT2D eigenvalue weighted by Gasteiger charge is -2.05. The monoisotopic (exact) mass is 235 g/mol. The summed E-state index contributed by atoms with van der Waals surface area (Å²) >= 11 is 0. The molecule has 2 aromatic rings. The molecule has 1 heterocycles. The van der Waals surface area contributed by atoms with E-state index in [-0.39, 0.29) is 11.9 Å². The molecule has 0 bridgehead atoms. The van der Waals surface area contributed by atoms with Crippen LogP contribution in [-0.2, 0) is 0 Å². The van der Waals surface area contributed by atoms with Crippen molar-refractivity contribution in [2.75, 3.05) is 6.61 Å². The second kappa shape index (κ2) is 4.97. The van der Waals surface area contributed by atoms with Crippen molar-refractivity contribution in [2.24, 2.45) is 5.73 Å². The lowest BCUT2D eigenvalue weighted by atomic mass is 10.3. The van der Waals surface area contributed by atoms with E-state index in [9.17, 15) is 4.39 Å². The van der Waals surface area contributed by atoms with Gasteiger partial charge in [-0.3, -0.25) is 0 Å². The van der Waals surface area contributed by atoms with E-state index in [0.29, 0.717) is 18.0 Å². The van der Waals surface area contributed by atoms with Crippen LogP contribution in [0.1, 0.15) is 6.92 Å². The smallest absolute Gasteiger partial charge is 0.157 e. The molecule has 2 N–H and O–H groups in total. The van der Waals surface area contributed by atoms with Crippen molar-refractivity contribution in [2.45, 2.75) is 13.0 Å². The minimum Gasteiger partial charge on any atom is -0.489 e. The molecule has 0 saturated carbocycles. The number of nitrogens with zero attached hydrogens (tertiary/aromatic N) is 2. The lowest BCUT2D eigenvalue weighted by Crippen LogP contribution is -2.23. The first kappa shape index (κ1) is 11.6. The molecule has 1 atom stereocenters. The van der Waals surface area contributed by atoms with Gasteiger partial charge in [0.2, 0.25) is 0 Å². The molecule has 17 heavy (non-hydrogen) atoms. The Morgan fingerprint density at radius 3 is 3.06 bits per heavy atom. The highest BCUT2D eigenvalue weighted by molar-refractivity contribution is 5.32. The number of aromatic nitrogens is 2. The van der Waals surface area contributed by atoms with E-state index in [0.717, 1.165) is 0 Å². The van der Waals surface area contributed by atoms with Crippen LogP contribution in [-0.4, -0.2) is 22.4 Å². The fourth-order valence-corrected chi connectivity index (χ4v) is 1.37. The lowest BCUT2D eigenvalue weighted by molar-refractivity contribution is 0.296. The van der Waals surface area contributed by atoms with Crippen molar-refractivity contribution in [3.63, 3.8) is 0 Å². The summed E-state index contributed by atoms with van der Waals surface area (Å²) in [6.07, 6.45) is 3.27. The number of halogens is 1. The topological polar surface area (TPSA) is 53.1 Å². The molecule has 1 unspecified atom stereocenters. The second-order valence-electron chi connectivity index (χ2n) is 3.89. The van der Waals surface area contributed by atoms with Gasteiger partial charge >= 0.3 is 0 Å². The zero-order valence-electron chi connectivity index (χ0n) is 9.51. The van der Waals surface area contributed by atoms with E-state index in [1.54, 1.807) is 29.2 Å². The van der Waals surface area contributed by atoms with E-state index in [1.807, 2.05) is 6.92 Å². The largest absolute Gasteiger partial charge is 0.489 e. The minimum absolute atomic E-state index is 0.0347. The van der Waals surface area contributed by atoms with E-state index in [4.69, 9.17) is 10.5 Å². The summed E-state index contributed by atoms with van der Waals surface area (Å²) in [5, 5.41) is 4.09. The first-order valence-electron chi connectivity index (χ1n) is 5.34. The number of hydrogen-bond donors (Lipinski definition) is 1. The number of benzene rings is 1. The van der Waals surface area contributed by atoms with Crippen molar-refractivity contribution in [3.8, 4) is 11.4 Å². The zero-order chi connectivity index (χ0) is 12.3. The standard InChI is InChI=1S/C12H14FN3O/c1-9(14)8-17-12-6-15-16(7-12)11-4-2-3-10(13)5-11/h2-7,9H,8,14H2,1H3. The van der Waals surface area contributed by atoms with Crippen LogP contribution >= 0.6 is 0 Å². The van der Waals surface area contributed by atoms with Gasteiger partial charge < -0.3 is 10.5 Å². The Balaban J connectivity index is 2.12. The average Bonchev–Trinajstić information content (AvgIpc) is 2.75. The van der Waals surface area contributed by atoms with Gasteiger partial charge in [0.05, 0.1) is 18.1 Å². The van der Waals surface area contributed by atoms with Crippen molar-refractivity contribution in [3.05, 3.63) is 42.5 Å². The molecule has 1 aromatic carbocycles. The van der Waals surface area contributed by atoms with E-state index < -0.39 is 0 Å². The predicted molar refractivity (Wildman–Crippen MR) is 62.7 cm³/mol. The highest BCUT2D eigenvalue weighted by Gasteiger charge is 2.03. The predicted octanol–water partition coefficient (Wildman–Crippen LogP) is 1.74. The highest BCUT2D eigenvalue weighted by Crippen LogP contribution is 2.14. The molecule has 0 amide bonds. The molecule has 5 heteroatoms. The van der Waals surface area contributed by atoms with Crippen molar-refractivity contribution < 1.29 is 9.13 Å². The fraction of sp³-hybridized carbons (Fsp3) is 0.250. The number of rotatable bonds is 4. The van der Waals surface area contributed by atoms with E-state index in [1.165, 1.54) is 12.1 Å². The van der Waals surface area contributed by atoms with Crippen molar-refractivity contribution in [1.29, 1.82) is 0 Å². The Morgan fingerprint density at radius 2 is 2.35 bits per heavy atom. The summed E-state index contributed by atoms with van der Waals surface area (Å²) in [6.45, 7) is 2.28. The molecule has 0 spiro atoms. The molecule has 90 valence electrons. The Bertz CT molecular complexity index is 496. The van der Waals surface area contributed by atoms with E-state index >= 15 is 0 Å². The van der Waals surface area contributed by atoms with E-state index in [2.05, 4.69) is 5.10 Å². The Labute approximate surface area is 98.8 Å².